The molecule has 0 aliphatic heterocycles. The molecule has 5 heteroatoms. The molecule has 1 N–H and O–H groups in total. The number of aliphatic hydroxyl groups excluding tert-OH is 1. The van der Waals surface area contributed by atoms with Crippen molar-refractivity contribution in [2.45, 2.75) is 17.9 Å². The average Bonchev–Trinajstić information content (AvgIpc) is 2.52. The van der Waals surface area contributed by atoms with Gasteiger partial charge in [-0.25, -0.2) is 8.42 Å². The van der Waals surface area contributed by atoms with E-state index in [1.807, 2.05) is 42.5 Å². The number of anilines is 1. The van der Waals surface area contributed by atoms with Gasteiger partial charge in [-0.05, 0) is 36.2 Å². The average molecular weight is 319 g/mol. The van der Waals surface area contributed by atoms with Crippen LogP contribution in [0, 0.1) is 0 Å². The lowest BCUT2D eigenvalue weighted by Gasteiger charge is -2.24. The molecule has 0 aliphatic rings. The number of hydrogen-bond donors (Lipinski definition) is 1. The van der Waals surface area contributed by atoms with E-state index in [1.54, 1.807) is 12.1 Å². The largest absolute Gasteiger partial charge is 0.396 e. The van der Waals surface area contributed by atoms with Crippen molar-refractivity contribution in [1.82, 2.24) is 0 Å². The van der Waals surface area contributed by atoms with Crippen molar-refractivity contribution in [3.8, 4) is 0 Å². The number of para-hydroxylation sites is 1. The van der Waals surface area contributed by atoms with Crippen LogP contribution < -0.4 is 4.90 Å². The Balaban J connectivity index is 2.16. The van der Waals surface area contributed by atoms with Crippen LogP contribution in [0.1, 0.15) is 12.0 Å². The molecule has 0 saturated carbocycles. The van der Waals surface area contributed by atoms with E-state index in [9.17, 15) is 8.42 Å². The highest BCUT2D eigenvalue weighted by molar-refractivity contribution is 7.90. The summed E-state index contributed by atoms with van der Waals surface area (Å²) >= 11 is 0. The molecule has 0 unspecified atom stereocenters. The minimum Gasteiger partial charge on any atom is -0.396 e. The molecular formula is C17H21NO3S. The lowest BCUT2D eigenvalue weighted by atomic mass is 10.2. The molecule has 22 heavy (non-hydrogen) atoms. The predicted octanol–water partition coefficient (Wildman–Crippen LogP) is 2.48. The fourth-order valence-electron chi connectivity index (χ4n) is 2.26. The maximum absolute atomic E-state index is 11.5. The molecule has 0 saturated heterocycles. The Labute approximate surface area is 131 Å². The van der Waals surface area contributed by atoms with Gasteiger partial charge in [-0.1, -0.05) is 30.3 Å². The number of rotatable bonds is 7. The standard InChI is InChI=1S/C17H21NO3S/c1-22(20,21)17-10-8-15(9-11-17)14-18(12-5-13-19)16-6-3-2-4-7-16/h2-4,6-11,19H,5,12-14H2,1H3. The van der Waals surface area contributed by atoms with Crippen molar-refractivity contribution in [1.29, 1.82) is 0 Å². The number of benzene rings is 2. The van der Waals surface area contributed by atoms with E-state index < -0.39 is 9.84 Å². The first kappa shape index (κ1) is 16.5. The molecule has 0 amide bonds. The predicted molar refractivity (Wildman–Crippen MR) is 88.7 cm³/mol. The Morgan fingerprint density at radius 3 is 2.18 bits per heavy atom. The third-order valence-corrected chi connectivity index (χ3v) is 4.56. The SMILES string of the molecule is CS(=O)(=O)c1ccc(CN(CCCO)c2ccccc2)cc1. The molecular weight excluding hydrogens is 298 g/mol. The van der Waals surface area contributed by atoms with E-state index >= 15 is 0 Å². The van der Waals surface area contributed by atoms with E-state index in [-0.39, 0.29) is 6.61 Å². The first-order valence-corrected chi connectivity index (χ1v) is 9.10. The maximum Gasteiger partial charge on any atom is 0.175 e. The van der Waals surface area contributed by atoms with Crippen molar-refractivity contribution in [3.05, 3.63) is 60.2 Å². The molecule has 0 bridgehead atoms. The van der Waals surface area contributed by atoms with Gasteiger partial charge in [-0.3, -0.25) is 0 Å². The summed E-state index contributed by atoms with van der Waals surface area (Å²) in [5.41, 5.74) is 2.12. The molecule has 2 rings (SSSR count). The van der Waals surface area contributed by atoms with E-state index in [4.69, 9.17) is 5.11 Å². The van der Waals surface area contributed by atoms with Gasteiger partial charge in [0.1, 0.15) is 0 Å². The van der Waals surface area contributed by atoms with Gasteiger partial charge in [0.15, 0.2) is 9.84 Å². The van der Waals surface area contributed by atoms with Crippen molar-refractivity contribution in [2.24, 2.45) is 0 Å². The van der Waals surface area contributed by atoms with Gasteiger partial charge in [0.05, 0.1) is 4.90 Å². The second-order valence-electron chi connectivity index (χ2n) is 5.25. The first-order chi connectivity index (χ1) is 10.5. The van der Waals surface area contributed by atoms with Gasteiger partial charge in [0.2, 0.25) is 0 Å². The van der Waals surface area contributed by atoms with Crippen LogP contribution >= 0.6 is 0 Å². The van der Waals surface area contributed by atoms with Crippen LogP contribution in [-0.4, -0.2) is 32.9 Å². The number of sulfone groups is 1. The second kappa shape index (κ2) is 7.42. The topological polar surface area (TPSA) is 57.6 Å². The van der Waals surface area contributed by atoms with Crippen molar-refractivity contribution < 1.29 is 13.5 Å². The molecule has 0 spiro atoms. The minimum absolute atomic E-state index is 0.149. The first-order valence-electron chi connectivity index (χ1n) is 7.20. The third-order valence-electron chi connectivity index (χ3n) is 3.43. The van der Waals surface area contributed by atoms with Gasteiger partial charge in [0.25, 0.3) is 0 Å². The summed E-state index contributed by atoms with van der Waals surface area (Å²) in [4.78, 5) is 2.50. The number of hydrogen-bond acceptors (Lipinski definition) is 4. The van der Waals surface area contributed by atoms with Crippen LogP contribution in [0.25, 0.3) is 0 Å². The fraction of sp³-hybridized carbons (Fsp3) is 0.294. The molecule has 118 valence electrons. The molecule has 2 aromatic rings. The zero-order chi connectivity index (χ0) is 16.0. The summed E-state index contributed by atoms with van der Waals surface area (Å²) < 4.78 is 23.0. The van der Waals surface area contributed by atoms with Crippen molar-refractivity contribution in [2.75, 3.05) is 24.3 Å². The highest BCUT2D eigenvalue weighted by Crippen LogP contribution is 2.18. The van der Waals surface area contributed by atoms with Crippen LogP contribution in [0.3, 0.4) is 0 Å². The summed E-state index contributed by atoms with van der Waals surface area (Å²) in [5.74, 6) is 0. The molecule has 2 aromatic carbocycles. The van der Waals surface area contributed by atoms with Crippen LogP contribution in [0.4, 0.5) is 5.69 Å². The lowest BCUT2D eigenvalue weighted by molar-refractivity contribution is 0.289. The van der Waals surface area contributed by atoms with Gasteiger partial charge < -0.3 is 10.0 Å². The molecule has 0 aromatic heterocycles. The Morgan fingerprint density at radius 2 is 1.64 bits per heavy atom. The zero-order valence-electron chi connectivity index (χ0n) is 12.6. The Bertz CT molecular complexity index is 682. The highest BCUT2D eigenvalue weighted by atomic mass is 32.2. The van der Waals surface area contributed by atoms with Gasteiger partial charge in [0, 0.05) is 31.6 Å². The second-order valence-corrected chi connectivity index (χ2v) is 7.27. The Hall–Kier alpha value is -1.85. The van der Waals surface area contributed by atoms with Gasteiger partial charge in [-0.15, -0.1) is 0 Å². The molecule has 0 heterocycles. The summed E-state index contributed by atoms with van der Waals surface area (Å²) in [6.45, 7) is 1.57. The molecule has 0 fully saturated rings. The van der Waals surface area contributed by atoms with E-state index in [0.29, 0.717) is 17.9 Å². The summed E-state index contributed by atoms with van der Waals surface area (Å²) in [6.07, 6.45) is 1.90. The highest BCUT2D eigenvalue weighted by Gasteiger charge is 2.09. The number of aliphatic hydroxyl groups is 1. The van der Waals surface area contributed by atoms with E-state index in [1.165, 1.54) is 6.26 Å². The van der Waals surface area contributed by atoms with E-state index in [0.717, 1.165) is 17.8 Å². The minimum atomic E-state index is -3.16. The molecule has 0 aliphatic carbocycles. The van der Waals surface area contributed by atoms with Crippen molar-refractivity contribution >= 4 is 15.5 Å². The Morgan fingerprint density at radius 1 is 1.00 bits per heavy atom. The smallest absolute Gasteiger partial charge is 0.175 e. The molecule has 0 radical (unpaired) electrons. The summed E-state index contributed by atoms with van der Waals surface area (Å²) in [6, 6.07) is 16.9. The van der Waals surface area contributed by atoms with Crippen LogP contribution in [0.15, 0.2) is 59.5 Å². The van der Waals surface area contributed by atoms with E-state index in [2.05, 4.69) is 4.90 Å². The summed E-state index contributed by atoms with van der Waals surface area (Å²) in [7, 11) is -3.16. The maximum atomic E-state index is 11.5. The van der Waals surface area contributed by atoms with Gasteiger partial charge >= 0.3 is 0 Å². The quantitative estimate of drug-likeness (QED) is 0.852. The Kier molecular flexibility index (Phi) is 5.57. The van der Waals surface area contributed by atoms with Crippen LogP contribution in [0.5, 0.6) is 0 Å². The lowest BCUT2D eigenvalue weighted by Crippen LogP contribution is -2.24. The van der Waals surface area contributed by atoms with Crippen LogP contribution in [-0.2, 0) is 16.4 Å². The van der Waals surface area contributed by atoms with Crippen molar-refractivity contribution in [3.63, 3.8) is 0 Å². The zero-order valence-corrected chi connectivity index (χ0v) is 13.5. The van der Waals surface area contributed by atoms with Gasteiger partial charge in [-0.2, -0.15) is 0 Å². The monoisotopic (exact) mass is 319 g/mol. The fourth-order valence-corrected chi connectivity index (χ4v) is 2.89. The normalized spacial score (nSPS) is 11.4. The van der Waals surface area contributed by atoms with Crippen LogP contribution in [0.2, 0.25) is 0 Å². The molecule has 0 atom stereocenters. The number of nitrogens with zero attached hydrogens (tertiary/aromatic N) is 1. The molecule has 4 nitrogen and oxygen atoms in total. The third kappa shape index (κ3) is 4.58. The summed E-state index contributed by atoms with van der Waals surface area (Å²) in [5, 5.41) is 9.06.